The van der Waals surface area contributed by atoms with Gasteiger partial charge in [0.05, 0.1) is 11.3 Å². The second-order valence-electron chi connectivity index (χ2n) is 6.29. The molecule has 0 fully saturated rings. The second kappa shape index (κ2) is 10.3. The monoisotopic (exact) mass is 337 g/mol. The molecule has 0 heterocycles. The first kappa shape index (κ1) is 19.6. The fourth-order valence-corrected chi connectivity index (χ4v) is 3.06. The summed E-state index contributed by atoms with van der Waals surface area (Å²) in [6.45, 7) is 6.46. The molecule has 0 aliphatic heterocycles. The summed E-state index contributed by atoms with van der Waals surface area (Å²) in [6, 6.07) is 7.04. The Morgan fingerprint density at radius 1 is 1.22 bits per heavy atom. The summed E-state index contributed by atoms with van der Waals surface area (Å²) in [5.41, 5.74) is 1.21. The first-order chi connectivity index (χ1) is 10.9. The maximum Gasteiger partial charge on any atom is 0.335 e. The molecule has 0 aliphatic carbocycles. The van der Waals surface area contributed by atoms with Gasteiger partial charge in [0.15, 0.2) is 0 Å². The number of carbonyl (C=O) groups is 2. The maximum atomic E-state index is 11.9. The number of carboxylic acids is 1. The standard InChI is InChI=1S/C18H27NO3S/c1-13(2)6-4-7-14(3)19-17(20)12-23-11-15-8-5-9-16(10-15)18(21)22/h5,8-10,13-14H,4,6-7,11-12H2,1-3H3,(H,19,20)(H,21,22)/t14-/m0/s1. The quantitative estimate of drug-likeness (QED) is 0.678. The fourth-order valence-electron chi connectivity index (χ4n) is 2.28. The van der Waals surface area contributed by atoms with Crippen LogP contribution in [0.5, 0.6) is 0 Å². The number of carbonyl (C=O) groups excluding carboxylic acids is 1. The average molecular weight is 337 g/mol. The summed E-state index contributed by atoms with van der Waals surface area (Å²) < 4.78 is 0. The highest BCUT2D eigenvalue weighted by Gasteiger charge is 2.08. The minimum atomic E-state index is -0.926. The molecule has 1 aromatic carbocycles. The van der Waals surface area contributed by atoms with Gasteiger partial charge in [0.1, 0.15) is 0 Å². The van der Waals surface area contributed by atoms with Crippen LogP contribution in [0, 0.1) is 5.92 Å². The van der Waals surface area contributed by atoms with Crippen LogP contribution in [-0.4, -0.2) is 28.8 Å². The van der Waals surface area contributed by atoms with E-state index in [-0.39, 0.29) is 17.5 Å². The largest absolute Gasteiger partial charge is 0.478 e. The third-order valence-electron chi connectivity index (χ3n) is 3.50. The zero-order valence-corrected chi connectivity index (χ0v) is 15.0. The number of amides is 1. The zero-order chi connectivity index (χ0) is 17.2. The van der Waals surface area contributed by atoms with Gasteiger partial charge in [-0.2, -0.15) is 0 Å². The molecule has 0 aromatic heterocycles. The Bertz CT molecular complexity index is 517. The van der Waals surface area contributed by atoms with Crippen LogP contribution in [0.1, 0.15) is 56.0 Å². The number of rotatable bonds is 10. The van der Waals surface area contributed by atoms with Crippen LogP contribution in [-0.2, 0) is 10.5 Å². The van der Waals surface area contributed by atoms with Crippen molar-refractivity contribution in [1.82, 2.24) is 5.32 Å². The molecule has 5 heteroatoms. The third-order valence-corrected chi connectivity index (χ3v) is 4.51. The molecule has 128 valence electrons. The molecule has 1 amide bonds. The van der Waals surface area contributed by atoms with E-state index in [0.717, 1.165) is 18.4 Å². The van der Waals surface area contributed by atoms with Gasteiger partial charge in [0.2, 0.25) is 5.91 Å². The highest BCUT2D eigenvalue weighted by molar-refractivity contribution is 7.99. The van der Waals surface area contributed by atoms with Crippen molar-refractivity contribution in [3.8, 4) is 0 Å². The molecule has 0 saturated carbocycles. The van der Waals surface area contributed by atoms with Gasteiger partial charge in [-0.1, -0.05) is 38.8 Å². The van der Waals surface area contributed by atoms with Crippen LogP contribution in [0.25, 0.3) is 0 Å². The first-order valence-electron chi connectivity index (χ1n) is 8.07. The van der Waals surface area contributed by atoms with Crippen LogP contribution < -0.4 is 5.32 Å². The van der Waals surface area contributed by atoms with E-state index in [9.17, 15) is 9.59 Å². The topological polar surface area (TPSA) is 66.4 Å². The Labute approximate surface area is 143 Å². The number of nitrogens with one attached hydrogen (secondary N) is 1. The number of thioether (sulfide) groups is 1. The van der Waals surface area contributed by atoms with Crippen molar-refractivity contribution >= 4 is 23.6 Å². The summed E-state index contributed by atoms with van der Waals surface area (Å²) >= 11 is 1.50. The highest BCUT2D eigenvalue weighted by atomic mass is 32.2. The van der Waals surface area contributed by atoms with Crippen molar-refractivity contribution in [2.45, 2.75) is 51.8 Å². The fraction of sp³-hybridized carbons (Fsp3) is 0.556. The maximum absolute atomic E-state index is 11.9. The average Bonchev–Trinajstić information content (AvgIpc) is 2.47. The van der Waals surface area contributed by atoms with Crippen molar-refractivity contribution < 1.29 is 14.7 Å². The minimum Gasteiger partial charge on any atom is -0.478 e. The molecule has 4 nitrogen and oxygen atoms in total. The van der Waals surface area contributed by atoms with Gasteiger partial charge in [-0.25, -0.2) is 4.79 Å². The lowest BCUT2D eigenvalue weighted by molar-refractivity contribution is -0.119. The molecule has 1 atom stereocenters. The molecule has 1 aromatic rings. The molecule has 0 unspecified atom stereocenters. The van der Waals surface area contributed by atoms with Crippen molar-refractivity contribution in [2.24, 2.45) is 5.92 Å². The van der Waals surface area contributed by atoms with Gasteiger partial charge < -0.3 is 10.4 Å². The van der Waals surface area contributed by atoms with Crippen LogP contribution in [0.3, 0.4) is 0 Å². The van der Waals surface area contributed by atoms with Gasteiger partial charge in [0, 0.05) is 11.8 Å². The van der Waals surface area contributed by atoms with Crippen molar-refractivity contribution in [3.05, 3.63) is 35.4 Å². The number of benzene rings is 1. The molecule has 0 spiro atoms. The third kappa shape index (κ3) is 8.65. The predicted molar refractivity (Wildman–Crippen MR) is 95.9 cm³/mol. The SMILES string of the molecule is CC(C)CCC[C@H](C)NC(=O)CSCc1cccc(C(=O)O)c1. The van der Waals surface area contributed by atoms with Gasteiger partial charge in [-0.3, -0.25) is 4.79 Å². The van der Waals surface area contributed by atoms with Crippen LogP contribution in [0.4, 0.5) is 0 Å². The van der Waals surface area contributed by atoms with E-state index < -0.39 is 5.97 Å². The number of carboxylic acid groups (broad SMARTS) is 1. The van der Waals surface area contributed by atoms with Crippen molar-refractivity contribution in [1.29, 1.82) is 0 Å². The molecule has 0 aliphatic rings. The Morgan fingerprint density at radius 2 is 1.96 bits per heavy atom. The molecular weight excluding hydrogens is 310 g/mol. The van der Waals surface area contributed by atoms with Crippen LogP contribution >= 0.6 is 11.8 Å². The van der Waals surface area contributed by atoms with E-state index in [1.807, 2.05) is 13.0 Å². The molecule has 0 saturated heterocycles. The molecule has 2 N–H and O–H groups in total. The predicted octanol–water partition coefficient (Wildman–Crippen LogP) is 3.95. The first-order valence-corrected chi connectivity index (χ1v) is 9.23. The van der Waals surface area contributed by atoms with Crippen molar-refractivity contribution in [3.63, 3.8) is 0 Å². The number of aromatic carboxylic acids is 1. The highest BCUT2D eigenvalue weighted by Crippen LogP contribution is 2.14. The van der Waals surface area contributed by atoms with E-state index in [2.05, 4.69) is 19.2 Å². The van der Waals surface area contributed by atoms with Gasteiger partial charge in [-0.05, 0) is 37.0 Å². The Balaban J connectivity index is 2.26. The van der Waals surface area contributed by atoms with E-state index in [1.165, 1.54) is 18.2 Å². The molecule has 0 bridgehead atoms. The zero-order valence-electron chi connectivity index (χ0n) is 14.2. The minimum absolute atomic E-state index is 0.0430. The summed E-state index contributed by atoms with van der Waals surface area (Å²) in [5, 5.41) is 12.0. The molecule has 0 radical (unpaired) electrons. The summed E-state index contributed by atoms with van der Waals surface area (Å²) in [7, 11) is 0. The second-order valence-corrected chi connectivity index (χ2v) is 7.28. The summed E-state index contributed by atoms with van der Waals surface area (Å²) in [6.07, 6.45) is 3.33. The lowest BCUT2D eigenvalue weighted by atomic mass is 10.0. The Morgan fingerprint density at radius 3 is 2.61 bits per heavy atom. The molecule has 23 heavy (non-hydrogen) atoms. The molecule has 1 rings (SSSR count). The van der Waals surface area contributed by atoms with E-state index in [1.54, 1.807) is 18.2 Å². The van der Waals surface area contributed by atoms with E-state index >= 15 is 0 Å². The molecular formula is C18H27NO3S. The van der Waals surface area contributed by atoms with Gasteiger partial charge in [0.25, 0.3) is 0 Å². The Kier molecular flexibility index (Phi) is 8.77. The van der Waals surface area contributed by atoms with Crippen LogP contribution in [0.15, 0.2) is 24.3 Å². The lowest BCUT2D eigenvalue weighted by Crippen LogP contribution is -2.33. The normalized spacial score (nSPS) is 12.2. The lowest BCUT2D eigenvalue weighted by Gasteiger charge is -2.14. The van der Waals surface area contributed by atoms with Crippen LogP contribution in [0.2, 0.25) is 0 Å². The summed E-state index contributed by atoms with van der Waals surface area (Å²) in [5.74, 6) is 0.850. The number of hydrogen-bond donors (Lipinski definition) is 2. The smallest absolute Gasteiger partial charge is 0.335 e. The van der Waals surface area contributed by atoms with Crippen molar-refractivity contribution in [2.75, 3.05) is 5.75 Å². The van der Waals surface area contributed by atoms with Gasteiger partial charge >= 0.3 is 5.97 Å². The van der Waals surface area contributed by atoms with E-state index in [4.69, 9.17) is 5.11 Å². The van der Waals surface area contributed by atoms with E-state index in [0.29, 0.717) is 17.4 Å². The Hall–Kier alpha value is -1.49. The summed E-state index contributed by atoms with van der Waals surface area (Å²) in [4.78, 5) is 22.8. The number of hydrogen-bond acceptors (Lipinski definition) is 3. The van der Waals surface area contributed by atoms with Gasteiger partial charge in [-0.15, -0.1) is 11.8 Å².